The highest BCUT2D eigenvalue weighted by Crippen LogP contribution is 2.38. The predicted octanol–water partition coefficient (Wildman–Crippen LogP) is 12.9. The van der Waals surface area contributed by atoms with Crippen molar-refractivity contribution in [3.05, 3.63) is 72.9 Å². The fourth-order valence-corrected chi connectivity index (χ4v) is 7.14. The van der Waals surface area contributed by atoms with Crippen LogP contribution in [0.25, 0.3) is 0 Å². The molecule has 0 aliphatic rings. The van der Waals surface area contributed by atoms with Gasteiger partial charge in [-0.25, -0.2) is 0 Å². The van der Waals surface area contributed by atoms with Gasteiger partial charge in [0.2, 0.25) is 5.91 Å². The highest BCUT2D eigenvalue weighted by Gasteiger charge is 2.23. The number of nitrogens with one attached hydrogen (secondary N) is 1. The summed E-state index contributed by atoms with van der Waals surface area (Å²) in [6.07, 6.45) is 55.7. The van der Waals surface area contributed by atoms with Crippen LogP contribution in [0, 0.1) is 0 Å². The first-order chi connectivity index (χ1) is 28.5. The summed E-state index contributed by atoms with van der Waals surface area (Å²) in [6.45, 7) is 4.43. The second-order valence-electron chi connectivity index (χ2n) is 17.1. The molecule has 3 unspecified atom stereocenters. The van der Waals surface area contributed by atoms with E-state index >= 15 is 0 Å². The quantitative estimate of drug-likeness (QED) is 0.0274. The molecule has 0 rings (SSSR count). The normalized spacial score (nSPS) is 14.9. The Balaban J connectivity index is 3.95. The first-order valence-corrected chi connectivity index (χ1v) is 25.3. The molecule has 0 fully saturated rings. The van der Waals surface area contributed by atoms with E-state index in [-0.39, 0.29) is 19.1 Å². The maximum Gasteiger partial charge on any atom is 0.268 e. The maximum absolute atomic E-state index is 12.8. The maximum atomic E-state index is 12.8. The van der Waals surface area contributed by atoms with Crippen LogP contribution in [0.1, 0.15) is 187 Å². The van der Waals surface area contributed by atoms with Gasteiger partial charge in [-0.3, -0.25) is 9.36 Å². The Morgan fingerprint density at radius 1 is 0.610 bits per heavy atom. The van der Waals surface area contributed by atoms with E-state index in [9.17, 15) is 19.4 Å². The zero-order valence-corrected chi connectivity index (χ0v) is 39.6. The molecule has 9 heteroatoms. The summed E-state index contributed by atoms with van der Waals surface area (Å²) < 4.78 is 23.0. The van der Waals surface area contributed by atoms with Crippen molar-refractivity contribution in [3.63, 3.8) is 0 Å². The SMILES string of the molecule is CC/C=C\C/C=C\C/C=C\C/C=C\C/C=C\CCCCCCCCCCCCCCCCCC(=O)NC(COP(=O)([O-])OCC[N+](C)(C)C)C(O)/C=C/CCCCCC. The molecule has 0 aliphatic carbocycles. The number of carbonyl (C=O) groups is 1. The first kappa shape index (κ1) is 56.9. The molecule has 8 nitrogen and oxygen atoms in total. The molecule has 0 radical (unpaired) electrons. The molecule has 342 valence electrons. The third-order valence-electron chi connectivity index (χ3n) is 10.2. The fraction of sp³-hybridized carbons (Fsp3) is 0.740. The molecular weight excluding hydrogens is 756 g/mol. The minimum absolute atomic E-state index is 0.00378. The van der Waals surface area contributed by atoms with Gasteiger partial charge in [0, 0.05) is 6.42 Å². The molecule has 0 aromatic carbocycles. The van der Waals surface area contributed by atoms with Crippen LogP contribution in [0.5, 0.6) is 0 Å². The summed E-state index contributed by atoms with van der Waals surface area (Å²) in [5.41, 5.74) is 0. The number of quaternary nitrogens is 1. The van der Waals surface area contributed by atoms with Crippen molar-refractivity contribution in [3.8, 4) is 0 Å². The van der Waals surface area contributed by atoms with Crippen LogP contribution in [0.3, 0.4) is 0 Å². The van der Waals surface area contributed by atoms with Crippen LogP contribution in [-0.2, 0) is 18.4 Å². The van der Waals surface area contributed by atoms with Crippen LogP contribution in [0.2, 0.25) is 0 Å². The average Bonchev–Trinajstić information content (AvgIpc) is 3.19. The molecule has 0 aromatic rings. The standard InChI is InChI=1S/C50H91N2O6P/c1-6-8-10-12-14-15-16-17-18-19-20-21-22-23-24-25-26-27-28-29-30-31-32-33-34-35-36-37-38-40-42-44-50(54)51-48(49(53)43-41-39-13-11-9-7-2)47-58-59(55,56)57-46-45-52(3,4)5/h8,10,14-15,17-18,20-21,23-24,41,43,48-49,53H,6-7,9,11-13,16,19,22,25-40,42,44-47H2,1-5H3,(H-,51,54,55,56)/b10-8-,15-14-,18-17-,21-20-,24-23-,43-41+. The van der Waals surface area contributed by atoms with E-state index < -0.39 is 20.0 Å². The first-order valence-electron chi connectivity index (χ1n) is 23.8. The number of aliphatic hydroxyl groups is 1. The molecular formula is C50H91N2O6P. The second kappa shape index (κ2) is 41.3. The van der Waals surface area contributed by atoms with Crippen LogP contribution < -0.4 is 10.2 Å². The van der Waals surface area contributed by atoms with Crippen molar-refractivity contribution in [2.75, 3.05) is 40.9 Å². The second-order valence-corrected chi connectivity index (χ2v) is 18.5. The average molecular weight is 847 g/mol. The summed E-state index contributed by atoms with van der Waals surface area (Å²) in [4.78, 5) is 25.2. The molecule has 0 spiro atoms. The molecule has 0 aliphatic heterocycles. The molecule has 3 atom stereocenters. The molecule has 0 bridgehead atoms. The van der Waals surface area contributed by atoms with Crippen LogP contribution in [-0.4, -0.2) is 68.5 Å². The van der Waals surface area contributed by atoms with E-state index in [2.05, 4.69) is 79.9 Å². The number of hydrogen-bond donors (Lipinski definition) is 2. The van der Waals surface area contributed by atoms with Crippen molar-refractivity contribution in [1.29, 1.82) is 0 Å². The highest BCUT2D eigenvalue weighted by atomic mass is 31.2. The van der Waals surface area contributed by atoms with Gasteiger partial charge in [0.25, 0.3) is 7.82 Å². The third kappa shape index (κ3) is 43.8. The minimum Gasteiger partial charge on any atom is -0.756 e. The molecule has 1 amide bonds. The zero-order chi connectivity index (χ0) is 43.6. The largest absolute Gasteiger partial charge is 0.756 e. The number of nitrogens with zero attached hydrogens (tertiary/aromatic N) is 1. The molecule has 0 saturated carbocycles. The topological polar surface area (TPSA) is 108 Å². The number of aliphatic hydroxyl groups excluding tert-OH is 1. The van der Waals surface area contributed by atoms with Crippen molar-refractivity contribution in [2.24, 2.45) is 0 Å². The lowest BCUT2D eigenvalue weighted by Gasteiger charge is -2.29. The Bertz CT molecular complexity index is 1190. The monoisotopic (exact) mass is 847 g/mol. The van der Waals surface area contributed by atoms with Gasteiger partial charge in [0.1, 0.15) is 13.2 Å². The number of likely N-dealkylation sites (N-methyl/N-ethyl adjacent to an activating group) is 1. The van der Waals surface area contributed by atoms with Gasteiger partial charge >= 0.3 is 0 Å². The van der Waals surface area contributed by atoms with Gasteiger partial charge in [-0.15, -0.1) is 0 Å². The lowest BCUT2D eigenvalue weighted by Crippen LogP contribution is -2.45. The van der Waals surface area contributed by atoms with E-state index in [4.69, 9.17) is 9.05 Å². The number of phosphoric ester groups is 1. The van der Waals surface area contributed by atoms with Gasteiger partial charge in [0.15, 0.2) is 0 Å². The van der Waals surface area contributed by atoms with Gasteiger partial charge in [-0.1, -0.05) is 189 Å². The summed E-state index contributed by atoms with van der Waals surface area (Å²) in [7, 11) is 1.25. The number of phosphoric acid groups is 1. The number of unbranched alkanes of at least 4 members (excludes halogenated alkanes) is 19. The molecule has 0 heterocycles. The molecule has 2 N–H and O–H groups in total. The highest BCUT2D eigenvalue weighted by molar-refractivity contribution is 7.45. The lowest BCUT2D eigenvalue weighted by atomic mass is 10.0. The Kier molecular flexibility index (Phi) is 39.9. The predicted molar refractivity (Wildman–Crippen MR) is 251 cm³/mol. The molecule has 59 heavy (non-hydrogen) atoms. The lowest BCUT2D eigenvalue weighted by molar-refractivity contribution is -0.870. The summed E-state index contributed by atoms with van der Waals surface area (Å²) in [5.74, 6) is -0.206. The Morgan fingerprint density at radius 3 is 1.51 bits per heavy atom. The fourth-order valence-electron chi connectivity index (χ4n) is 6.41. The van der Waals surface area contributed by atoms with Crippen molar-refractivity contribution < 1.29 is 32.9 Å². The summed E-state index contributed by atoms with van der Waals surface area (Å²) in [5, 5.41) is 13.6. The number of hydrogen-bond acceptors (Lipinski definition) is 6. The van der Waals surface area contributed by atoms with E-state index in [0.717, 1.165) is 77.0 Å². The minimum atomic E-state index is -4.58. The van der Waals surface area contributed by atoms with Crippen molar-refractivity contribution in [1.82, 2.24) is 5.32 Å². The Hall–Kier alpha value is -2.06. The Morgan fingerprint density at radius 2 is 1.03 bits per heavy atom. The van der Waals surface area contributed by atoms with Gasteiger partial charge in [-0.05, 0) is 64.2 Å². The van der Waals surface area contributed by atoms with Gasteiger partial charge < -0.3 is 28.8 Å². The summed E-state index contributed by atoms with van der Waals surface area (Å²) in [6, 6.07) is -0.885. The number of rotatable bonds is 42. The van der Waals surface area contributed by atoms with Crippen molar-refractivity contribution in [2.45, 2.75) is 199 Å². The number of allylic oxidation sites excluding steroid dienone is 11. The van der Waals surface area contributed by atoms with E-state index in [1.54, 1.807) is 6.08 Å². The molecule has 0 saturated heterocycles. The molecule has 0 aromatic heterocycles. The van der Waals surface area contributed by atoms with E-state index in [0.29, 0.717) is 17.4 Å². The number of carbonyl (C=O) groups excluding carboxylic acids is 1. The number of amides is 1. The van der Waals surface area contributed by atoms with Crippen molar-refractivity contribution >= 4 is 13.7 Å². The van der Waals surface area contributed by atoms with Crippen LogP contribution in [0.15, 0.2) is 72.9 Å². The van der Waals surface area contributed by atoms with E-state index in [1.807, 2.05) is 27.2 Å². The van der Waals surface area contributed by atoms with Crippen LogP contribution in [0.4, 0.5) is 0 Å². The summed E-state index contributed by atoms with van der Waals surface area (Å²) >= 11 is 0. The third-order valence-corrected chi connectivity index (χ3v) is 11.1. The van der Waals surface area contributed by atoms with Gasteiger partial charge in [-0.2, -0.15) is 0 Å². The Labute approximate surface area is 364 Å². The van der Waals surface area contributed by atoms with Crippen LogP contribution >= 0.6 is 7.82 Å². The smallest absolute Gasteiger partial charge is 0.268 e. The van der Waals surface area contributed by atoms with E-state index in [1.165, 1.54) is 89.9 Å². The zero-order valence-electron chi connectivity index (χ0n) is 38.7. The van der Waals surface area contributed by atoms with Gasteiger partial charge in [0.05, 0.1) is 39.9 Å².